The molecule has 292 valence electrons. The molecule has 0 saturated heterocycles. The molecule has 4 aromatic rings. The van der Waals surface area contributed by atoms with E-state index >= 15 is 0 Å². The molecule has 54 heavy (non-hydrogen) atoms. The number of hydrogen-bond acceptors (Lipinski definition) is 10. The van der Waals surface area contributed by atoms with E-state index in [9.17, 15) is 36.0 Å². The van der Waals surface area contributed by atoms with Crippen LogP contribution in [0.25, 0.3) is 0 Å². The summed E-state index contributed by atoms with van der Waals surface area (Å²) in [5.74, 6) is 0.141. The number of anilines is 3. The minimum atomic E-state index is -4.40. The lowest BCUT2D eigenvalue weighted by molar-refractivity contribution is -0.137. The lowest BCUT2D eigenvalue weighted by atomic mass is 10.2. The first kappa shape index (κ1) is 45.0. The molecule has 0 aliphatic heterocycles. The SMILES string of the molecule is CNC(=O)N(C)c1cccc(C(F)(F)F)c1.CON(C)C(=O)Nc1ccc(Cl)c(Cl)c1.COc1nc(C)nc(NC(=O)NS(=O)(=O)c2ccccc2Cl)n1. The Bertz CT molecular complexity index is 2050. The maximum Gasteiger partial charge on any atom is 0.416 e. The molecule has 0 saturated carbocycles. The minimum absolute atomic E-state index is 0.00882. The molecule has 4 N–H and O–H groups in total. The summed E-state index contributed by atoms with van der Waals surface area (Å²) in [7, 11) is 2.91. The van der Waals surface area contributed by atoms with Gasteiger partial charge in [-0.15, -0.1) is 0 Å². The van der Waals surface area contributed by atoms with Crippen molar-refractivity contribution in [1.29, 1.82) is 0 Å². The van der Waals surface area contributed by atoms with E-state index in [2.05, 4.69) is 30.9 Å². The number of nitrogens with zero attached hydrogens (tertiary/aromatic N) is 5. The van der Waals surface area contributed by atoms with Gasteiger partial charge in [-0.05, 0) is 55.5 Å². The highest BCUT2D eigenvalue weighted by Gasteiger charge is 2.31. The molecule has 1 heterocycles. The van der Waals surface area contributed by atoms with E-state index in [4.69, 9.17) is 44.4 Å². The van der Waals surface area contributed by atoms with Crippen molar-refractivity contribution in [3.8, 4) is 6.01 Å². The number of benzene rings is 3. The molecule has 0 unspecified atom stereocenters. The lowest BCUT2D eigenvalue weighted by Gasteiger charge is -2.18. The Balaban J connectivity index is 0.000000290. The second-order valence-corrected chi connectivity index (χ2v) is 13.0. The van der Waals surface area contributed by atoms with Crippen molar-refractivity contribution in [2.24, 2.45) is 0 Å². The number of aromatic nitrogens is 3. The number of amides is 6. The molecular formula is C31H33Cl3F3N9O7S. The summed E-state index contributed by atoms with van der Waals surface area (Å²) in [5.41, 5.74) is -0.0340. The van der Waals surface area contributed by atoms with Crippen molar-refractivity contribution in [1.82, 2.24) is 30.1 Å². The number of urea groups is 3. The van der Waals surface area contributed by atoms with Gasteiger partial charge in [-0.1, -0.05) is 53.0 Å². The number of alkyl halides is 3. The van der Waals surface area contributed by atoms with Gasteiger partial charge in [-0.25, -0.2) is 32.6 Å². The number of carbonyl (C=O) groups excluding carboxylic acids is 3. The average molecular weight is 839 g/mol. The predicted octanol–water partition coefficient (Wildman–Crippen LogP) is 6.85. The van der Waals surface area contributed by atoms with Crippen LogP contribution in [-0.4, -0.2) is 81.9 Å². The first-order chi connectivity index (χ1) is 25.2. The third kappa shape index (κ3) is 14.0. The van der Waals surface area contributed by atoms with Crippen molar-refractivity contribution in [3.05, 3.63) is 93.2 Å². The molecule has 0 radical (unpaired) electrons. The summed E-state index contributed by atoms with van der Waals surface area (Å²) in [6.45, 7) is 1.56. The van der Waals surface area contributed by atoms with E-state index in [0.29, 0.717) is 21.6 Å². The maximum absolute atomic E-state index is 12.4. The number of carbonyl (C=O) groups is 3. The fraction of sp³-hybridized carbons (Fsp3) is 0.226. The van der Waals surface area contributed by atoms with Crippen LogP contribution in [0, 0.1) is 6.92 Å². The van der Waals surface area contributed by atoms with Gasteiger partial charge in [-0.3, -0.25) is 15.1 Å². The number of aryl methyl sites for hydroxylation is 1. The quantitative estimate of drug-likeness (QED) is 0.143. The highest BCUT2D eigenvalue weighted by Crippen LogP contribution is 2.31. The molecular weight excluding hydrogens is 806 g/mol. The summed E-state index contributed by atoms with van der Waals surface area (Å²) in [4.78, 5) is 51.4. The number of sulfonamides is 1. The Hall–Kier alpha value is -5.15. The smallest absolute Gasteiger partial charge is 0.416 e. The molecule has 0 fully saturated rings. The Labute approximate surface area is 322 Å². The normalized spacial score (nSPS) is 10.7. The third-order valence-electron chi connectivity index (χ3n) is 6.30. The van der Waals surface area contributed by atoms with Crippen molar-refractivity contribution >= 4 is 80.2 Å². The van der Waals surface area contributed by atoms with Gasteiger partial charge < -0.3 is 15.4 Å². The lowest BCUT2D eigenvalue weighted by Crippen LogP contribution is -2.35. The van der Waals surface area contributed by atoms with E-state index in [1.807, 2.05) is 4.72 Å². The number of rotatable bonds is 7. The van der Waals surface area contributed by atoms with Crippen LogP contribution in [0.1, 0.15) is 11.4 Å². The highest BCUT2D eigenvalue weighted by atomic mass is 35.5. The van der Waals surface area contributed by atoms with Crippen LogP contribution in [0.15, 0.2) is 71.6 Å². The predicted molar refractivity (Wildman–Crippen MR) is 196 cm³/mol. The van der Waals surface area contributed by atoms with Crippen molar-refractivity contribution in [2.45, 2.75) is 18.0 Å². The first-order valence-corrected chi connectivity index (χ1v) is 17.4. The first-order valence-electron chi connectivity index (χ1n) is 14.7. The van der Waals surface area contributed by atoms with Crippen LogP contribution in [0.2, 0.25) is 15.1 Å². The van der Waals surface area contributed by atoms with Crippen molar-refractivity contribution in [3.63, 3.8) is 0 Å². The number of methoxy groups -OCH3 is 1. The summed E-state index contributed by atoms with van der Waals surface area (Å²) in [6.07, 6.45) is -4.40. The highest BCUT2D eigenvalue weighted by molar-refractivity contribution is 7.90. The van der Waals surface area contributed by atoms with E-state index in [0.717, 1.165) is 22.1 Å². The molecule has 0 aliphatic carbocycles. The Kier molecular flexibility index (Phi) is 17.0. The van der Waals surface area contributed by atoms with Gasteiger partial charge in [0.2, 0.25) is 5.95 Å². The Morgan fingerprint density at radius 3 is 2.06 bits per heavy atom. The monoisotopic (exact) mass is 837 g/mol. The van der Waals surface area contributed by atoms with Gasteiger partial charge in [0.25, 0.3) is 10.0 Å². The zero-order valence-corrected chi connectivity index (χ0v) is 32.2. The summed E-state index contributed by atoms with van der Waals surface area (Å²) >= 11 is 17.3. The minimum Gasteiger partial charge on any atom is -0.467 e. The number of hydrogen-bond donors (Lipinski definition) is 4. The molecule has 4 rings (SSSR count). The number of halogens is 6. The Morgan fingerprint density at radius 2 is 1.48 bits per heavy atom. The van der Waals surface area contributed by atoms with Crippen LogP contribution in [-0.2, 0) is 21.0 Å². The number of nitrogens with one attached hydrogen (secondary N) is 4. The molecule has 6 amide bonds. The molecule has 23 heteroatoms. The molecule has 0 atom stereocenters. The maximum atomic E-state index is 12.4. The second kappa shape index (κ2) is 20.3. The van der Waals surface area contributed by atoms with Gasteiger partial charge in [0, 0.05) is 32.5 Å². The van der Waals surface area contributed by atoms with Crippen LogP contribution in [0.3, 0.4) is 0 Å². The van der Waals surface area contributed by atoms with E-state index in [-0.39, 0.29) is 27.6 Å². The summed E-state index contributed by atoms with van der Waals surface area (Å²) in [5, 5.41) is 8.97. The number of ether oxygens (including phenoxy) is 1. The van der Waals surface area contributed by atoms with Gasteiger partial charge >= 0.3 is 30.3 Å². The molecule has 0 spiro atoms. The second-order valence-electron chi connectivity index (χ2n) is 10.1. The van der Waals surface area contributed by atoms with E-state index in [1.54, 1.807) is 31.2 Å². The standard InChI is InChI=1S/C12H12ClN5O4S.C10H11F3N2O.C9H10Cl2N2O2/c1-7-14-10(17-12(15-7)22-2)16-11(19)18-23(20,21)9-6-4-3-5-8(9)13;1-14-9(16)15(2)8-5-3-4-7(6-8)10(11,12)13;1-13(15-2)9(14)12-6-3-4-7(10)8(11)5-6/h3-6H,1-2H3,(H2,14,15,16,17,18,19);3-6H,1-2H3,(H,14,16);3-5H,1-2H3,(H,12,14). The van der Waals surface area contributed by atoms with E-state index in [1.165, 1.54) is 65.7 Å². The van der Waals surface area contributed by atoms with E-state index < -0.39 is 39.9 Å². The zero-order valence-electron chi connectivity index (χ0n) is 29.1. The fourth-order valence-electron chi connectivity index (χ4n) is 3.61. The topological polar surface area (TPSA) is 197 Å². The molecule has 0 aliphatic rings. The molecule has 16 nitrogen and oxygen atoms in total. The van der Waals surface area contributed by atoms with Crippen LogP contribution in [0.5, 0.6) is 6.01 Å². The largest absolute Gasteiger partial charge is 0.467 e. The third-order valence-corrected chi connectivity index (χ3v) is 8.87. The van der Waals surface area contributed by atoms with Crippen LogP contribution < -0.4 is 30.3 Å². The van der Waals surface area contributed by atoms with Crippen LogP contribution >= 0.6 is 34.8 Å². The summed E-state index contributed by atoms with van der Waals surface area (Å²) < 4.78 is 68.1. The number of hydroxylamine groups is 2. The summed E-state index contributed by atoms with van der Waals surface area (Å²) in [6, 6.07) is 13.2. The van der Waals surface area contributed by atoms with Gasteiger partial charge in [-0.2, -0.15) is 28.1 Å². The molecule has 0 bridgehead atoms. The van der Waals surface area contributed by atoms with Crippen molar-refractivity contribution < 1.29 is 45.5 Å². The average Bonchev–Trinajstić information content (AvgIpc) is 3.11. The van der Waals surface area contributed by atoms with Crippen LogP contribution in [0.4, 0.5) is 44.9 Å². The molecule has 1 aromatic heterocycles. The zero-order chi connectivity index (χ0) is 40.8. The van der Waals surface area contributed by atoms with Gasteiger partial charge in [0.05, 0.1) is 34.9 Å². The van der Waals surface area contributed by atoms with Crippen molar-refractivity contribution in [2.75, 3.05) is 50.9 Å². The fourth-order valence-corrected chi connectivity index (χ4v) is 5.33. The molecule has 3 aromatic carbocycles. The Morgan fingerprint density at radius 1 is 0.815 bits per heavy atom. The van der Waals surface area contributed by atoms with Gasteiger partial charge in [0.1, 0.15) is 10.7 Å². The van der Waals surface area contributed by atoms with Gasteiger partial charge in [0.15, 0.2) is 0 Å².